The molecular formula is C32H31N3O2. The van der Waals surface area contributed by atoms with Gasteiger partial charge in [-0.15, -0.1) is 0 Å². The zero-order valence-corrected chi connectivity index (χ0v) is 21.4. The largest absolute Gasteiger partial charge is 0.494 e. The lowest BCUT2D eigenvalue weighted by atomic mass is 10.1. The van der Waals surface area contributed by atoms with Crippen LogP contribution in [0.4, 0.5) is 5.69 Å². The lowest BCUT2D eigenvalue weighted by Crippen LogP contribution is -2.25. The van der Waals surface area contributed by atoms with Gasteiger partial charge in [-0.3, -0.25) is 4.79 Å². The van der Waals surface area contributed by atoms with Crippen LogP contribution in [0, 0.1) is 13.8 Å². The van der Waals surface area contributed by atoms with Crippen molar-refractivity contribution in [2.45, 2.75) is 39.2 Å². The standard InChI is InChI=1S/C32H31N3O2/c1-22-9-7-14-29(23(22)2)35-21-26(20-31(35)36)32-33-28-12-5-6-13-30(28)34(32)17-8-18-37-27-16-15-24-10-3-4-11-25(24)19-27/h3-7,9-16,19,26H,8,17-18,20-21H2,1-2H3. The molecule has 1 aromatic heterocycles. The average molecular weight is 490 g/mol. The van der Waals surface area contributed by atoms with Crippen LogP contribution in [0.2, 0.25) is 0 Å². The van der Waals surface area contributed by atoms with Crippen molar-refractivity contribution in [3.05, 3.63) is 102 Å². The van der Waals surface area contributed by atoms with Gasteiger partial charge in [0.1, 0.15) is 11.6 Å². The topological polar surface area (TPSA) is 47.4 Å². The Balaban J connectivity index is 1.20. The van der Waals surface area contributed by atoms with Gasteiger partial charge >= 0.3 is 0 Å². The number of imidazole rings is 1. The van der Waals surface area contributed by atoms with Gasteiger partial charge in [-0.2, -0.15) is 0 Å². The number of aromatic nitrogens is 2. The highest BCUT2D eigenvalue weighted by molar-refractivity contribution is 5.97. The van der Waals surface area contributed by atoms with E-state index in [1.165, 1.54) is 16.3 Å². The van der Waals surface area contributed by atoms with Crippen molar-refractivity contribution in [1.29, 1.82) is 0 Å². The lowest BCUT2D eigenvalue weighted by molar-refractivity contribution is -0.117. The number of carbonyl (C=O) groups is 1. The predicted molar refractivity (Wildman–Crippen MR) is 149 cm³/mol. The minimum absolute atomic E-state index is 0.0567. The lowest BCUT2D eigenvalue weighted by Gasteiger charge is -2.20. The SMILES string of the molecule is Cc1cccc(N2CC(c3nc4ccccc4n3CCCOc3ccc4ccccc4c3)CC2=O)c1C. The Morgan fingerprint density at radius 2 is 1.73 bits per heavy atom. The van der Waals surface area contributed by atoms with E-state index in [9.17, 15) is 4.79 Å². The number of carbonyl (C=O) groups excluding carboxylic acids is 1. The maximum Gasteiger partial charge on any atom is 0.227 e. The van der Waals surface area contributed by atoms with Crippen molar-refractivity contribution in [3.63, 3.8) is 0 Å². The zero-order chi connectivity index (χ0) is 25.4. The number of hydrogen-bond acceptors (Lipinski definition) is 3. The molecule has 1 amide bonds. The van der Waals surface area contributed by atoms with Crippen LogP contribution in [0.25, 0.3) is 21.8 Å². The summed E-state index contributed by atoms with van der Waals surface area (Å²) in [5.74, 6) is 2.10. The van der Waals surface area contributed by atoms with Crippen molar-refractivity contribution in [3.8, 4) is 5.75 Å². The van der Waals surface area contributed by atoms with Gasteiger partial charge in [-0.1, -0.05) is 54.6 Å². The Bertz CT molecular complexity index is 1600. The molecule has 1 fully saturated rings. The smallest absolute Gasteiger partial charge is 0.227 e. The molecule has 2 heterocycles. The first-order chi connectivity index (χ1) is 18.1. The average Bonchev–Trinajstić information content (AvgIpc) is 3.48. The molecule has 5 aromatic rings. The molecule has 1 aliphatic rings. The molecule has 4 aromatic carbocycles. The van der Waals surface area contributed by atoms with E-state index in [1.807, 2.05) is 29.2 Å². The van der Waals surface area contributed by atoms with E-state index >= 15 is 0 Å². The third-order valence-electron chi connectivity index (χ3n) is 7.56. The molecule has 37 heavy (non-hydrogen) atoms. The highest BCUT2D eigenvalue weighted by Gasteiger charge is 2.35. The van der Waals surface area contributed by atoms with Crippen molar-refractivity contribution in [1.82, 2.24) is 9.55 Å². The summed E-state index contributed by atoms with van der Waals surface area (Å²) in [6.07, 6.45) is 1.33. The van der Waals surface area contributed by atoms with Gasteiger partial charge in [0.2, 0.25) is 5.91 Å². The second-order valence-electron chi connectivity index (χ2n) is 9.95. The molecule has 5 heteroatoms. The summed E-state index contributed by atoms with van der Waals surface area (Å²) in [6, 6.07) is 29.0. The quantitative estimate of drug-likeness (QED) is 0.236. The first kappa shape index (κ1) is 23.3. The first-order valence-electron chi connectivity index (χ1n) is 13.0. The number of ether oxygens (including phenoxy) is 1. The maximum atomic E-state index is 13.1. The fourth-order valence-electron chi connectivity index (χ4n) is 5.45. The molecule has 5 nitrogen and oxygen atoms in total. The first-order valence-corrected chi connectivity index (χ1v) is 13.0. The molecule has 0 radical (unpaired) electrons. The summed E-state index contributed by atoms with van der Waals surface area (Å²) < 4.78 is 8.41. The maximum absolute atomic E-state index is 13.1. The Morgan fingerprint density at radius 3 is 2.62 bits per heavy atom. The van der Waals surface area contributed by atoms with Crippen LogP contribution in [-0.2, 0) is 11.3 Å². The van der Waals surface area contributed by atoms with Gasteiger partial charge in [0.15, 0.2) is 0 Å². The summed E-state index contributed by atoms with van der Waals surface area (Å²) in [5.41, 5.74) is 5.47. The van der Waals surface area contributed by atoms with Crippen molar-refractivity contribution in [2.75, 3.05) is 18.1 Å². The van der Waals surface area contributed by atoms with Gasteiger partial charge in [-0.25, -0.2) is 4.98 Å². The van der Waals surface area contributed by atoms with E-state index in [0.717, 1.165) is 46.8 Å². The zero-order valence-electron chi connectivity index (χ0n) is 21.4. The molecule has 0 N–H and O–H groups in total. The number of hydrogen-bond donors (Lipinski definition) is 0. The number of aryl methyl sites for hydroxylation is 2. The third kappa shape index (κ3) is 4.46. The fraction of sp³-hybridized carbons (Fsp3) is 0.250. The van der Waals surface area contributed by atoms with Crippen LogP contribution in [0.5, 0.6) is 5.75 Å². The molecule has 1 unspecified atom stereocenters. The second-order valence-corrected chi connectivity index (χ2v) is 9.95. The Labute approximate surface area is 217 Å². The van der Waals surface area contributed by atoms with Crippen molar-refractivity contribution in [2.24, 2.45) is 0 Å². The van der Waals surface area contributed by atoms with E-state index in [0.29, 0.717) is 19.6 Å². The molecule has 0 spiro atoms. The van der Waals surface area contributed by atoms with Crippen LogP contribution in [0.3, 0.4) is 0 Å². The molecule has 1 aliphatic heterocycles. The van der Waals surface area contributed by atoms with Crippen LogP contribution in [-0.4, -0.2) is 28.6 Å². The number of rotatable bonds is 7. The van der Waals surface area contributed by atoms with E-state index in [1.54, 1.807) is 0 Å². The highest BCUT2D eigenvalue weighted by atomic mass is 16.5. The van der Waals surface area contributed by atoms with Crippen LogP contribution < -0.4 is 9.64 Å². The van der Waals surface area contributed by atoms with Gasteiger partial charge in [0, 0.05) is 31.1 Å². The number of amides is 1. The molecular weight excluding hydrogens is 458 g/mol. The Kier molecular flexibility index (Phi) is 6.13. The van der Waals surface area contributed by atoms with E-state index in [-0.39, 0.29) is 11.8 Å². The number of fused-ring (bicyclic) bond motifs is 2. The summed E-state index contributed by atoms with van der Waals surface area (Å²) in [7, 11) is 0. The van der Waals surface area contributed by atoms with E-state index in [4.69, 9.17) is 9.72 Å². The van der Waals surface area contributed by atoms with Gasteiger partial charge in [0.25, 0.3) is 0 Å². The highest BCUT2D eigenvalue weighted by Crippen LogP contribution is 2.35. The number of para-hydroxylation sites is 2. The van der Waals surface area contributed by atoms with Crippen molar-refractivity contribution >= 4 is 33.4 Å². The molecule has 6 rings (SSSR count). The second kappa shape index (κ2) is 9.74. The molecule has 1 saturated heterocycles. The molecule has 186 valence electrons. The monoisotopic (exact) mass is 489 g/mol. The van der Waals surface area contributed by atoms with Gasteiger partial charge < -0.3 is 14.2 Å². The van der Waals surface area contributed by atoms with Crippen molar-refractivity contribution < 1.29 is 9.53 Å². The number of anilines is 1. The van der Waals surface area contributed by atoms with Gasteiger partial charge in [0.05, 0.1) is 17.6 Å². The minimum Gasteiger partial charge on any atom is -0.494 e. The normalized spacial score (nSPS) is 15.7. The fourth-order valence-corrected chi connectivity index (χ4v) is 5.45. The van der Waals surface area contributed by atoms with Crippen LogP contribution in [0.1, 0.15) is 35.7 Å². The summed E-state index contributed by atoms with van der Waals surface area (Å²) in [4.78, 5) is 20.1. The third-order valence-corrected chi connectivity index (χ3v) is 7.56. The predicted octanol–water partition coefficient (Wildman–Crippen LogP) is 6.80. The summed E-state index contributed by atoms with van der Waals surface area (Å²) in [5, 5.41) is 2.40. The van der Waals surface area contributed by atoms with E-state index in [2.05, 4.69) is 79.1 Å². The van der Waals surface area contributed by atoms with Gasteiger partial charge in [-0.05, 0) is 72.5 Å². The molecule has 0 saturated carbocycles. The van der Waals surface area contributed by atoms with Crippen LogP contribution >= 0.6 is 0 Å². The Morgan fingerprint density at radius 1 is 0.919 bits per heavy atom. The van der Waals surface area contributed by atoms with E-state index < -0.39 is 0 Å². The van der Waals surface area contributed by atoms with Crippen LogP contribution in [0.15, 0.2) is 84.9 Å². The number of benzene rings is 4. The molecule has 0 bridgehead atoms. The Hall–Kier alpha value is -4.12. The summed E-state index contributed by atoms with van der Waals surface area (Å²) >= 11 is 0. The molecule has 0 aliphatic carbocycles. The summed E-state index contributed by atoms with van der Waals surface area (Å²) in [6.45, 7) is 6.24. The minimum atomic E-state index is 0.0567. The number of nitrogens with zero attached hydrogens (tertiary/aromatic N) is 3. The molecule has 1 atom stereocenters.